The monoisotopic (exact) mass is 639 g/mol. The minimum absolute atomic E-state index is 0.0971. The summed E-state index contributed by atoms with van der Waals surface area (Å²) in [7, 11) is 0. The van der Waals surface area contributed by atoms with Gasteiger partial charge in [0.2, 0.25) is 0 Å². The summed E-state index contributed by atoms with van der Waals surface area (Å²) in [5, 5.41) is 8.79. The quantitative estimate of drug-likeness (QED) is 0.0882. The molecule has 0 fully saturated rings. The number of hydrogen-bond donors (Lipinski definition) is 7. The lowest BCUT2D eigenvalue weighted by atomic mass is 9.95. The zero-order valence-corrected chi connectivity index (χ0v) is 27.7. The van der Waals surface area contributed by atoms with E-state index < -0.39 is 6.17 Å². The maximum Gasteiger partial charge on any atom is 0.319 e. The number of amides is 2. The first-order chi connectivity index (χ1) is 21.6. The van der Waals surface area contributed by atoms with Gasteiger partial charge in [0, 0.05) is 36.8 Å². The number of nitrogens with zero attached hydrogens (tertiary/aromatic N) is 2. The van der Waals surface area contributed by atoms with Crippen molar-refractivity contribution in [1.82, 2.24) is 20.6 Å². The molecule has 12 nitrogen and oxygen atoms in total. The molecule has 1 heterocycles. The third kappa shape index (κ3) is 14.1. The van der Waals surface area contributed by atoms with Crippen LogP contribution in [0.1, 0.15) is 59.4 Å². The Labute approximate surface area is 270 Å². The van der Waals surface area contributed by atoms with Gasteiger partial charge in [-0.05, 0) is 57.0 Å². The van der Waals surface area contributed by atoms with E-state index in [-0.39, 0.29) is 41.7 Å². The number of H-pyrrole nitrogens is 1. The Morgan fingerprint density at radius 3 is 2.33 bits per heavy atom. The highest BCUT2D eigenvalue weighted by Gasteiger charge is 2.18. The molecule has 2 amide bonds. The molecule has 3 rings (SSSR count). The Morgan fingerprint density at radius 2 is 1.74 bits per heavy atom. The second kappa shape index (κ2) is 17.9. The van der Waals surface area contributed by atoms with E-state index in [1.165, 1.54) is 0 Å². The Balaban J connectivity index is 0.000000332. The van der Waals surface area contributed by atoms with Crippen LogP contribution in [0.2, 0.25) is 0 Å². The van der Waals surface area contributed by atoms with Gasteiger partial charge in [0.05, 0.1) is 11.3 Å². The van der Waals surface area contributed by atoms with Gasteiger partial charge in [-0.25, -0.2) is 14.2 Å². The number of carbonyl (C=O) groups excluding carboxylic acids is 1. The summed E-state index contributed by atoms with van der Waals surface area (Å²) < 4.78 is 18.4. The molecule has 2 aromatic carbocycles. The number of carbonyl (C=O) groups is 1. The number of nitrogens with one attached hydrogen (secondary N) is 4. The second-order valence-corrected chi connectivity index (χ2v) is 12.7. The van der Waals surface area contributed by atoms with Crippen LogP contribution in [-0.2, 0) is 12.0 Å². The SMILES string of the molecule is CC(C)(C)NC(=O)Nc1ccccc1OCC(F)CN.CC(C)(C)c1ncc(-c2ccc(CNCCCN=C(N)N)cc2)c(=O)[nH]1. The third-order valence-electron chi connectivity index (χ3n) is 6.21. The van der Waals surface area contributed by atoms with Crippen molar-refractivity contribution in [2.45, 2.75) is 71.6 Å². The molecule has 13 heteroatoms. The number of hydrogen-bond acceptors (Lipinski definition) is 7. The highest BCUT2D eigenvalue weighted by Crippen LogP contribution is 2.24. The zero-order chi connectivity index (χ0) is 34.3. The largest absolute Gasteiger partial charge is 0.488 e. The lowest BCUT2D eigenvalue weighted by molar-refractivity contribution is 0.201. The molecule has 0 saturated carbocycles. The summed E-state index contributed by atoms with van der Waals surface area (Å²) in [5.41, 5.74) is 18.2. The van der Waals surface area contributed by atoms with Crippen molar-refractivity contribution in [3.8, 4) is 16.9 Å². The van der Waals surface area contributed by atoms with Gasteiger partial charge in [-0.3, -0.25) is 9.79 Å². The molecule has 1 aromatic heterocycles. The van der Waals surface area contributed by atoms with E-state index in [2.05, 4.69) is 30.9 Å². The Kier molecular flexibility index (Phi) is 14.6. The fourth-order valence-electron chi connectivity index (χ4n) is 3.87. The van der Waals surface area contributed by atoms with Gasteiger partial charge < -0.3 is 42.9 Å². The van der Waals surface area contributed by atoms with Crippen molar-refractivity contribution < 1.29 is 13.9 Å². The molecular formula is C33H50FN9O3. The first kappa shape index (κ1) is 37.7. The van der Waals surface area contributed by atoms with E-state index in [9.17, 15) is 14.0 Å². The van der Waals surface area contributed by atoms with Gasteiger partial charge in [0.1, 0.15) is 24.4 Å². The van der Waals surface area contributed by atoms with Gasteiger partial charge in [-0.15, -0.1) is 0 Å². The highest BCUT2D eigenvalue weighted by molar-refractivity contribution is 5.91. The van der Waals surface area contributed by atoms with E-state index in [4.69, 9.17) is 21.9 Å². The molecule has 0 bridgehead atoms. The Bertz CT molecular complexity index is 1460. The summed E-state index contributed by atoms with van der Waals surface area (Å²) in [5.74, 6) is 1.22. The van der Waals surface area contributed by atoms with Gasteiger partial charge in [-0.1, -0.05) is 57.2 Å². The van der Waals surface area contributed by atoms with Crippen molar-refractivity contribution in [2.75, 3.05) is 31.6 Å². The highest BCUT2D eigenvalue weighted by atomic mass is 19.1. The first-order valence-electron chi connectivity index (χ1n) is 15.2. The number of alkyl halides is 1. The molecule has 0 aliphatic heterocycles. The van der Waals surface area contributed by atoms with Gasteiger partial charge in [0.25, 0.3) is 5.56 Å². The molecule has 0 aliphatic rings. The number of urea groups is 1. The molecular weight excluding hydrogens is 589 g/mol. The van der Waals surface area contributed by atoms with E-state index in [0.717, 1.165) is 30.6 Å². The number of para-hydroxylation sites is 2. The summed E-state index contributed by atoms with van der Waals surface area (Å²) in [4.78, 5) is 35.4. The summed E-state index contributed by atoms with van der Waals surface area (Å²) in [6.07, 6.45) is 1.29. The number of aromatic amines is 1. The molecule has 1 atom stereocenters. The second-order valence-electron chi connectivity index (χ2n) is 12.7. The van der Waals surface area contributed by atoms with Crippen LogP contribution in [0.15, 0.2) is 64.5 Å². The number of anilines is 1. The van der Waals surface area contributed by atoms with Gasteiger partial charge >= 0.3 is 6.03 Å². The number of aliphatic imine (C=N–C) groups is 1. The van der Waals surface area contributed by atoms with E-state index in [0.29, 0.717) is 29.4 Å². The van der Waals surface area contributed by atoms with E-state index >= 15 is 0 Å². The first-order valence-corrected chi connectivity index (χ1v) is 15.2. The number of halogens is 1. The maximum absolute atomic E-state index is 13.1. The topological polar surface area (TPSA) is 199 Å². The third-order valence-corrected chi connectivity index (χ3v) is 6.21. The van der Waals surface area contributed by atoms with Crippen LogP contribution in [0.25, 0.3) is 11.1 Å². The summed E-state index contributed by atoms with van der Waals surface area (Å²) in [6.45, 7) is 13.6. The molecule has 10 N–H and O–H groups in total. The lowest BCUT2D eigenvalue weighted by Crippen LogP contribution is -2.43. The maximum atomic E-state index is 13.1. The molecule has 0 spiro atoms. The van der Waals surface area contributed by atoms with Crippen LogP contribution >= 0.6 is 0 Å². The summed E-state index contributed by atoms with van der Waals surface area (Å²) >= 11 is 0. The van der Waals surface area contributed by atoms with Crippen LogP contribution < -0.4 is 43.4 Å². The molecule has 0 radical (unpaired) electrons. The molecule has 0 aliphatic carbocycles. The molecule has 1 unspecified atom stereocenters. The van der Waals surface area contributed by atoms with Gasteiger partial charge in [0.15, 0.2) is 5.96 Å². The summed E-state index contributed by atoms with van der Waals surface area (Å²) in [6, 6.07) is 14.4. The predicted octanol–water partition coefficient (Wildman–Crippen LogP) is 3.77. The van der Waals surface area contributed by atoms with Crippen LogP contribution in [0.5, 0.6) is 5.75 Å². The van der Waals surface area contributed by atoms with Crippen molar-refractivity contribution in [3.63, 3.8) is 0 Å². The average molecular weight is 640 g/mol. The number of ether oxygens (including phenoxy) is 1. The zero-order valence-electron chi connectivity index (χ0n) is 27.7. The number of aromatic nitrogens is 2. The Hall–Kier alpha value is -4.49. The van der Waals surface area contributed by atoms with Crippen molar-refractivity contribution in [2.24, 2.45) is 22.2 Å². The van der Waals surface area contributed by atoms with Crippen molar-refractivity contribution in [1.29, 1.82) is 0 Å². The minimum Gasteiger partial charge on any atom is -0.488 e. The molecule has 0 saturated heterocycles. The molecule has 46 heavy (non-hydrogen) atoms. The van der Waals surface area contributed by atoms with E-state index in [1.54, 1.807) is 30.5 Å². The predicted molar refractivity (Wildman–Crippen MR) is 184 cm³/mol. The molecule has 252 valence electrons. The smallest absolute Gasteiger partial charge is 0.319 e. The minimum atomic E-state index is -1.23. The lowest BCUT2D eigenvalue weighted by Gasteiger charge is -2.21. The van der Waals surface area contributed by atoms with Crippen LogP contribution in [0.3, 0.4) is 0 Å². The van der Waals surface area contributed by atoms with Gasteiger partial charge in [-0.2, -0.15) is 0 Å². The average Bonchev–Trinajstić information content (AvgIpc) is 2.97. The standard InChI is InChI=1S/C19H28N6O.C14H22FN3O2/c1-19(2,3)17-24-12-15(16(26)25-17)14-7-5-13(6-8-14)11-22-9-4-10-23-18(20)21;1-14(2,3)18-13(19)17-11-6-4-5-7-12(11)20-9-10(15)8-16/h5-8,12,22H,4,9-11H2,1-3H3,(H4,20,21,23)(H,24,25,26);4-7,10H,8-9,16H2,1-3H3,(H2,17,18,19). The fourth-order valence-corrected chi connectivity index (χ4v) is 3.87. The Morgan fingerprint density at radius 1 is 1.07 bits per heavy atom. The van der Waals surface area contributed by atoms with Crippen molar-refractivity contribution >= 4 is 17.7 Å². The number of benzene rings is 2. The normalized spacial score (nSPS) is 11.9. The number of rotatable bonds is 12. The van der Waals surface area contributed by atoms with Crippen LogP contribution in [0.4, 0.5) is 14.9 Å². The van der Waals surface area contributed by atoms with Crippen LogP contribution in [-0.4, -0.2) is 59.9 Å². The number of guanidine groups is 1. The number of nitrogens with two attached hydrogens (primary N) is 3. The van der Waals surface area contributed by atoms with E-state index in [1.807, 2.05) is 65.8 Å². The molecule has 3 aromatic rings. The van der Waals surface area contributed by atoms with Crippen molar-refractivity contribution in [3.05, 3.63) is 76.5 Å². The fraction of sp³-hybridized carbons (Fsp3) is 0.455. The van der Waals surface area contributed by atoms with Crippen LogP contribution in [0, 0.1) is 0 Å².